The largest absolute Gasteiger partial charge is 0.452 e. The first-order valence-corrected chi connectivity index (χ1v) is 10.7. The summed E-state index contributed by atoms with van der Waals surface area (Å²) in [6.45, 7) is -0.408. The molecule has 0 saturated heterocycles. The molecule has 0 saturated carbocycles. The number of anilines is 2. The average Bonchev–Trinajstić information content (AvgIpc) is 3.28. The summed E-state index contributed by atoms with van der Waals surface area (Å²) in [7, 11) is 0. The van der Waals surface area contributed by atoms with E-state index in [1.54, 1.807) is 54.2 Å². The molecule has 2 N–H and O–H groups in total. The fraction of sp³-hybridized carbons (Fsp3) is 0.0952. The van der Waals surface area contributed by atoms with Crippen molar-refractivity contribution in [1.29, 1.82) is 0 Å². The molecule has 0 aliphatic carbocycles. The highest BCUT2D eigenvalue weighted by molar-refractivity contribution is 7.98. The van der Waals surface area contributed by atoms with Crippen LogP contribution in [0.25, 0.3) is 0 Å². The van der Waals surface area contributed by atoms with Gasteiger partial charge in [0.05, 0.1) is 10.4 Å². The molecule has 1 aromatic heterocycles. The van der Waals surface area contributed by atoms with Gasteiger partial charge in [0.1, 0.15) is 0 Å². The monoisotopic (exact) mass is 426 g/mol. The molecule has 2 aromatic carbocycles. The fourth-order valence-electron chi connectivity index (χ4n) is 2.41. The van der Waals surface area contributed by atoms with Crippen molar-refractivity contribution < 1.29 is 19.1 Å². The van der Waals surface area contributed by atoms with Crippen LogP contribution in [0.1, 0.15) is 20.0 Å². The van der Waals surface area contributed by atoms with Gasteiger partial charge >= 0.3 is 5.97 Å². The number of nitrogens with one attached hydrogen (secondary N) is 2. The van der Waals surface area contributed by atoms with Crippen LogP contribution in [0.2, 0.25) is 0 Å². The Hall–Kier alpha value is -3.10. The van der Waals surface area contributed by atoms with Gasteiger partial charge in [0, 0.05) is 16.3 Å². The minimum atomic E-state index is -0.648. The first-order chi connectivity index (χ1) is 14.0. The maximum absolute atomic E-state index is 12.2. The third-order valence-electron chi connectivity index (χ3n) is 3.81. The van der Waals surface area contributed by atoms with E-state index in [1.165, 1.54) is 17.4 Å². The second kappa shape index (κ2) is 9.90. The summed E-state index contributed by atoms with van der Waals surface area (Å²) in [5.41, 5.74) is 1.34. The Morgan fingerprint density at radius 3 is 2.45 bits per heavy atom. The Balaban J connectivity index is 1.53. The SMILES string of the molecule is CSc1ccc(NC(=O)COC(=O)c2cccc(NC(=O)c3cccs3)c2)cc1. The zero-order chi connectivity index (χ0) is 20.6. The van der Waals surface area contributed by atoms with Crippen molar-refractivity contribution in [2.75, 3.05) is 23.5 Å². The Kier molecular flexibility index (Phi) is 7.04. The number of rotatable bonds is 7. The normalized spacial score (nSPS) is 10.2. The summed E-state index contributed by atoms with van der Waals surface area (Å²) in [5, 5.41) is 7.21. The van der Waals surface area contributed by atoms with E-state index >= 15 is 0 Å². The molecule has 0 aliphatic heterocycles. The Bertz CT molecular complexity index is 1000. The molecule has 29 heavy (non-hydrogen) atoms. The van der Waals surface area contributed by atoms with Gasteiger partial charge in [0.15, 0.2) is 6.61 Å². The minimum absolute atomic E-state index is 0.242. The summed E-state index contributed by atoms with van der Waals surface area (Å²) >= 11 is 2.93. The van der Waals surface area contributed by atoms with Crippen molar-refractivity contribution >= 4 is 52.3 Å². The molecule has 0 fully saturated rings. The maximum atomic E-state index is 12.2. The summed E-state index contributed by atoms with van der Waals surface area (Å²) in [5.74, 6) is -1.33. The van der Waals surface area contributed by atoms with Crippen molar-refractivity contribution in [3.63, 3.8) is 0 Å². The van der Waals surface area contributed by atoms with Gasteiger partial charge in [0.25, 0.3) is 11.8 Å². The van der Waals surface area contributed by atoms with Crippen LogP contribution in [-0.2, 0) is 9.53 Å². The highest BCUT2D eigenvalue weighted by atomic mass is 32.2. The van der Waals surface area contributed by atoms with E-state index in [0.29, 0.717) is 16.3 Å². The van der Waals surface area contributed by atoms with Crippen LogP contribution < -0.4 is 10.6 Å². The van der Waals surface area contributed by atoms with Gasteiger partial charge in [0.2, 0.25) is 0 Å². The minimum Gasteiger partial charge on any atom is -0.452 e. The fourth-order valence-corrected chi connectivity index (χ4v) is 3.44. The molecule has 0 spiro atoms. The highest BCUT2D eigenvalue weighted by Gasteiger charge is 2.13. The number of carbonyl (C=O) groups is 3. The molecule has 2 amide bonds. The van der Waals surface area contributed by atoms with Crippen molar-refractivity contribution in [2.24, 2.45) is 0 Å². The van der Waals surface area contributed by atoms with E-state index in [1.807, 2.05) is 23.8 Å². The molecule has 0 aliphatic rings. The molecule has 0 bridgehead atoms. The second-order valence-corrected chi connectivity index (χ2v) is 7.69. The Morgan fingerprint density at radius 1 is 0.966 bits per heavy atom. The quantitative estimate of drug-likeness (QED) is 0.429. The number of thioether (sulfide) groups is 1. The predicted molar refractivity (Wildman–Crippen MR) is 116 cm³/mol. The van der Waals surface area contributed by atoms with E-state index in [-0.39, 0.29) is 11.5 Å². The van der Waals surface area contributed by atoms with Crippen LogP contribution in [0.15, 0.2) is 70.9 Å². The van der Waals surface area contributed by atoms with Crippen molar-refractivity contribution in [3.8, 4) is 0 Å². The van der Waals surface area contributed by atoms with Crippen molar-refractivity contribution in [3.05, 3.63) is 76.5 Å². The molecule has 148 valence electrons. The predicted octanol–water partition coefficient (Wildman–Crippen LogP) is 4.52. The summed E-state index contributed by atoms with van der Waals surface area (Å²) < 4.78 is 5.07. The molecule has 0 unspecified atom stereocenters. The van der Waals surface area contributed by atoms with E-state index in [9.17, 15) is 14.4 Å². The lowest BCUT2D eigenvalue weighted by Gasteiger charge is -2.08. The number of carbonyl (C=O) groups excluding carboxylic acids is 3. The van der Waals surface area contributed by atoms with Crippen molar-refractivity contribution in [1.82, 2.24) is 0 Å². The maximum Gasteiger partial charge on any atom is 0.338 e. The Morgan fingerprint density at radius 2 is 1.76 bits per heavy atom. The van der Waals surface area contributed by atoms with Gasteiger partial charge in [-0.3, -0.25) is 9.59 Å². The first kappa shape index (κ1) is 20.6. The summed E-state index contributed by atoms with van der Waals surface area (Å²) in [4.78, 5) is 38.0. The van der Waals surface area contributed by atoms with E-state index in [0.717, 1.165) is 4.90 Å². The second-order valence-electron chi connectivity index (χ2n) is 5.87. The molecule has 8 heteroatoms. The average molecular weight is 427 g/mol. The third kappa shape index (κ3) is 5.94. The smallest absolute Gasteiger partial charge is 0.338 e. The topological polar surface area (TPSA) is 84.5 Å². The number of ether oxygens (including phenoxy) is 1. The van der Waals surface area contributed by atoms with E-state index in [2.05, 4.69) is 10.6 Å². The summed E-state index contributed by atoms with van der Waals surface area (Å²) in [6.07, 6.45) is 1.97. The number of hydrogen-bond donors (Lipinski definition) is 2. The lowest BCUT2D eigenvalue weighted by molar-refractivity contribution is -0.119. The van der Waals surface area contributed by atoms with Gasteiger partial charge in [-0.2, -0.15) is 0 Å². The van der Waals surface area contributed by atoms with Gasteiger partial charge in [-0.15, -0.1) is 23.1 Å². The van der Waals surface area contributed by atoms with Gasteiger partial charge in [-0.1, -0.05) is 12.1 Å². The zero-order valence-electron chi connectivity index (χ0n) is 15.5. The summed E-state index contributed by atoms with van der Waals surface area (Å²) in [6, 6.07) is 17.2. The van der Waals surface area contributed by atoms with Crippen LogP contribution in [0.5, 0.6) is 0 Å². The van der Waals surface area contributed by atoms with Crippen LogP contribution in [0.4, 0.5) is 11.4 Å². The van der Waals surface area contributed by atoms with Crippen LogP contribution in [0.3, 0.4) is 0 Å². The lowest BCUT2D eigenvalue weighted by Crippen LogP contribution is -2.21. The van der Waals surface area contributed by atoms with Gasteiger partial charge < -0.3 is 15.4 Å². The molecule has 0 radical (unpaired) electrons. The number of hydrogen-bond acceptors (Lipinski definition) is 6. The molecular weight excluding hydrogens is 408 g/mol. The number of amides is 2. The van der Waals surface area contributed by atoms with Gasteiger partial charge in [-0.25, -0.2) is 4.79 Å². The standard InChI is InChI=1S/C21H18N2O4S2/c1-28-17-9-7-15(8-10-17)22-19(24)13-27-21(26)14-4-2-5-16(12-14)23-20(25)18-6-3-11-29-18/h2-12H,13H2,1H3,(H,22,24)(H,23,25). The van der Waals surface area contributed by atoms with Crippen LogP contribution >= 0.6 is 23.1 Å². The molecule has 3 aromatic rings. The Labute approximate surface area is 176 Å². The number of benzene rings is 2. The van der Waals surface area contributed by atoms with Crippen molar-refractivity contribution in [2.45, 2.75) is 4.90 Å². The lowest BCUT2D eigenvalue weighted by atomic mass is 10.2. The molecular formula is C21H18N2O4S2. The van der Waals surface area contributed by atoms with Crippen LogP contribution in [-0.4, -0.2) is 30.6 Å². The van der Waals surface area contributed by atoms with E-state index in [4.69, 9.17) is 4.74 Å². The number of esters is 1. The molecule has 6 nitrogen and oxygen atoms in total. The highest BCUT2D eigenvalue weighted by Crippen LogP contribution is 2.18. The zero-order valence-corrected chi connectivity index (χ0v) is 17.1. The molecule has 0 atom stereocenters. The van der Waals surface area contributed by atoms with Gasteiger partial charge in [-0.05, 0) is 60.2 Å². The molecule has 1 heterocycles. The first-order valence-electron chi connectivity index (χ1n) is 8.61. The number of thiophene rings is 1. The third-order valence-corrected chi connectivity index (χ3v) is 5.42. The van der Waals surface area contributed by atoms with E-state index < -0.39 is 18.5 Å². The molecule has 3 rings (SSSR count). The van der Waals surface area contributed by atoms with Crippen LogP contribution in [0, 0.1) is 0 Å².